The van der Waals surface area contributed by atoms with E-state index in [1.807, 2.05) is 31.2 Å². The molecule has 0 spiro atoms. The van der Waals surface area contributed by atoms with Gasteiger partial charge >= 0.3 is 0 Å². The van der Waals surface area contributed by atoms with Crippen LogP contribution in [0.2, 0.25) is 0 Å². The number of ether oxygens (including phenoxy) is 1. The third-order valence-corrected chi connectivity index (χ3v) is 6.76. The number of rotatable bonds is 11. The molecular weight excluding hydrogens is 478 g/mol. The molecule has 190 valence electrons. The second-order valence-corrected chi connectivity index (χ2v) is 10.3. The normalized spacial score (nSPS) is 11.1. The Hall–Kier alpha value is -3.69. The minimum atomic E-state index is -3.56. The molecule has 0 saturated heterocycles. The van der Waals surface area contributed by atoms with E-state index in [0.29, 0.717) is 42.1 Å². The predicted octanol–water partition coefficient (Wildman–Crippen LogP) is 3.98. The maximum Gasteiger partial charge on any atom is 0.255 e. The minimum Gasteiger partial charge on any atom is -0.385 e. The van der Waals surface area contributed by atoms with Gasteiger partial charge in [0.15, 0.2) is 0 Å². The van der Waals surface area contributed by atoms with Gasteiger partial charge in [-0.25, -0.2) is 8.42 Å². The van der Waals surface area contributed by atoms with Crippen LogP contribution in [0.25, 0.3) is 0 Å². The van der Waals surface area contributed by atoms with Gasteiger partial charge in [0.2, 0.25) is 10.0 Å². The molecule has 0 aliphatic rings. The van der Waals surface area contributed by atoms with E-state index in [1.165, 1.54) is 4.31 Å². The Morgan fingerprint density at radius 3 is 2.25 bits per heavy atom. The Bertz CT molecular complexity index is 1310. The van der Waals surface area contributed by atoms with E-state index in [1.54, 1.807) is 55.6 Å². The van der Waals surface area contributed by atoms with Gasteiger partial charge in [-0.1, -0.05) is 36.4 Å². The summed E-state index contributed by atoms with van der Waals surface area (Å²) in [5.41, 5.74) is 3.39. The molecule has 9 heteroatoms. The number of hydrogen-bond donors (Lipinski definition) is 2. The van der Waals surface area contributed by atoms with E-state index in [-0.39, 0.29) is 12.5 Å². The third kappa shape index (κ3) is 7.16. The van der Waals surface area contributed by atoms with Gasteiger partial charge in [-0.3, -0.25) is 13.9 Å². The van der Waals surface area contributed by atoms with E-state index in [4.69, 9.17) is 4.74 Å². The molecule has 0 aromatic heterocycles. The number of amides is 2. The molecule has 8 nitrogen and oxygen atoms in total. The number of hydrogen-bond acceptors (Lipinski definition) is 5. The van der Waals surface area contributed by atoms with Crippen molar-refractivity contribution in [3.63, 3.8) is 0 Å². The van der Waals surface area contributed by atoms with Gasteiger partial charge in [0.1, 0.15) is 0 Å². The Kier molecular flexibility index (Phi) is 9.21. The van der Waals surface area contributed by atoms with E-state index < -0.39 is 15.9 Å². The standard InChI is InChI=1S/C27H31N3O5S/c1-20-9-4-5-10-22(20)19-30(36(3,33)34)23-15-13-21(14-16-23)26(31)29-25-12-7-6-11-24(25)27(32)28-17-8-18-35-2/h4-7,9-16H,8,17-19H2,1-3H3,(H,28,32)(H,29,31). The van der Waals surface area contributed by atoms with Gasteiger partial charge in [0.05, 0.1) is 29.7 Å². The van der Waals surface area contributed by atoms with Crippen LogP contribution in [-0.4, -0.2) is 46.7 Å². The Balaban J connectivity index is 1.75. The molecule has 0 atom stereocenters. The van der Waals surface area contributed by atoms with Crippen molar-refractivity contribution in [1.82, 2.24) is 5.32 Å². The van der Waals surface area contributed by atoms with Gasteiger partial charge in [-0.15, -0.1) is 0 Å². The van der Waals surface area contributed by atoms with Crippen LogP contribution >= 0.6 is 0 Å². The number of benzene rings is 3. The number of methoxy groups -OCH3 is 1. The SMILES string of the molecule is COCCCNC(=O)c1ccccc1NC(=O)c1ccc(N(Cc2ccccc2C)S(C)(=O)=O)cc1. The first-order valence-corrected chi connectivity index (χ1v) is 13.4. The minimum absolute atomic E-state index is 0.184. The molecule has 3 rings (SSSR count). The first-order valence-electron chi connectivity index (χ1n) is 11.5. The monoisotopic (exact) mass is 509 g/mol. The average Bonchev–Trinajstić information content (AvgIpc) is 2.86. The molecule has 0 aliphatic heterocycles. The van der Waals surface area contributed by atoms with Crippen molar-refractivity contribution in [2.24, 2.45) is 0 Å². The number of anilines is 2. The van der Waals surface area contributed by atoms with Gasteiger partial charge in [0, 0.05) is 25.8 Å². The van der Waals surface area contributed by atoms with Crippen LogP contribution in [0.4, 0.5) is 11.4 Å². The first-order chi connectivity index (χ1) is 17.2. The first kappa shape index (κ1) is 26.9. The fraction of sp³-hybridized carbons (Fsp3) is 0.259. The summed E-state index contributed by atoms with van der Waals surface area (Å²) in [6.45, 7) is 3.11. The smallest absolute Gasteiger partial charge is 0.255 e. The molecule has 0 saturated carbocycles. The van der Waals surface area contributed by atoms with Crippen LogP contribution in [0.5, 0.6) is 0 Å². The molecule has 3 aromatic rings. The second-order valence-electron chi connectivity index (χ2n) is 8.34. The molecule has 0 aliphatic carbocycles. The quantitative estimate of drug-likeness (QED) is 0.381. The largest absolute Gasteiger partial charge is 0.385 e. The van der Waals surface area contributed by atoms with Crippen molar-refractivity contribution in [2.75, 3.05) is 36.1 Å². The fourth-order valence-electron chi connectivity index (χ4n) is 3.62. The molecule has 2 N–H and O–H groups in total. The van der Waals surface area contributed by atoms with Crippen LogP contribution in [-0.2, 0) is 21.3 Å². The molecule has 0 bridgehead atoms. The zero-order valence-electron chi connectivity index (χ0n) is 20.7. The van der Waals surface area contributed by atoms with E-state index >= 15 is 0 Å². The summed E-state index contributed by atoms with van der Waals surface area (Å²) >= 11 is 0. The van der Waals surface area contributed by atoms with Gasteiger partial charge in [-0.05, 0) is 60.9 Å². The molecule has 0 radical (unpaired) electrons. The van der Waals surface area contributed by atoms with Crippen molar-refractivity contribution < 1.29 is 22.7 Å². The van der Waals surface area contributed by atoms with E-state index in [2.05, 4.69) is 10.6 Å². The Labute approximate surface area is 212 Å². The molecule has 2 amide bonds. The summed E-state index contributed by atoms with van der Waals surface area (Å²) in [6.07, 6.45) is 1.83. The highest BCUT2D eigenvalue weighted by Gasteiger charge is 2.20. The number of sulfonamides is 1. The maximum atomic E-state index is 12.9. The van der Waals surface area contributed by atoms with Crippen molar-refractivity contribution in [1.29, 1.82) is 0 Å². The number of nitrogens with one attached hydrogen (secondary N) is 2. The number of aryl methyl sites for hydroxylation is 1. The van der Waals surface area contributed by atoms with Crippen LogP contribution in [0.3, 0.4) is 0 Å². The van der Waals surface area contributed by atoms with Gasteiger partial charge in [0.25, 0.3) is 11.8 Å². The van der Waals surface area contributed by atoms with Crippen molar-refractivity contribution in [2.45, 2.75) is 19.9 Å². The van der Waals surface area contributed by atoms with Crippen molar-refractivity contribution in [3.05, 3.63) is 95.1 Å². The van der Waals surface area contributed by atoms with Crippen LogP contribution in [0.1, 0.15) is 38.3 Å². The lowest BCUT2D eigenvalue weighted by Crippen LogP contribution is -2.29. The third-order valence-electron chi connectivity index (χ3n) is 5.62. The summed E-state index contributed by atoms with van der Waals surface area (Å²) in [4.78, 5) is 25.5. The fourth-order valence-corrected chi connectivity index (χ4v) is 4.50. The highest BCUT2D eigenvalue weighted by atomic mass is 32.2. The lowest BCUT2D eigenvalue weighted by atomic mass is 10.1. The summed E-state index contributed by atoms with van der Waals surface area (Å²) < 4.78 is 31.3. The zero-order chi connectivity index (χ0) is 26.1. The summed E-state index contributed by atoms with van der Waals surface area (Å²) in [5.74, 6) is -0.705. The molecule has 3 aromatic carbocycles. The van der Waals surface area contributed by atoms with Gasteiger partial charge < -0.3 is 15.4 Å². The Morgan fingerprint density at radius 1 is 0.917 bits per heavy atom. The van der Waals surface area contributed by atoms with Crippen LogP contribution < -0.4 is 14.9 Å². The van der Waals surface area contributed by atoms with Crippen molar-refractivity contribution >= 4 is 33.2 Å². The zero-order valence-corrected chi connectivity index (χ0v) is 21.5. The summed E-state index contributed by atoms with van der Waals surface area (Å²) in [5, 5.41) is 5.59. The number of nitrogens with zero attached hydrogens (tertiary/aromatic N) is 1. The molecule has 0 unspecified atom stereocenters. The molecule has 0 heterocycles. The predicted molar refractivity (Wildman–Crippen MR) is 142 cm³/mol. The topological polar surface area (TPSA) is 105 Å². The van der Waals surface area contributed by atoms with Crippen LogP contribution in [0, 0.1) is 6.92 Å². The van der Waals surface area contributed by atoms with E-state index in [9.17, 15) is 18.0 Å². The molecule has 36 heavy (non-hydrogen) atoms. The average molecular weight is 510 g/mol. The number of para-hydroxylation sites is 1. The summed E-state index contributed by atoms with van der Waals surface area (Å²) in [6, 6.07) is 20.7. The lowest BCUT2D eigenvalue weighted by Gasteiger charge is -2.23. The lowest BCUT2D eigenvalue weighted by molar-refractivity contribution is 0.0949. The van der Waals surface area contributed by atoms with Crippen molar-refractivity contribution in [3.8, 4) is 0 Å². The number of carbonyl (C=O) groups excluding carboxylic acids is 2. The highest BCUT2D eigenvalue weighted by molar-refractivity contribution is 7.92. The number of carbonyl (C=O) groups is 2. The summed E-state index contributed by atoms with van der Waals surface area (Å²) in [7, 11) is -1.96. The van der Waals surface area contributed by atoms with Gasteiger partial charge in [-0.2, -0.15) is 0 Å². The van der Waals surface area contributed by atoms with Crippen LogP contribution in [0.15, 0.2) is 72.8 Å². The second kappa shape index (κ2) is 12.3. The molecular formula is C27H31N3O5S. The highest BCUT2D eigenvalue weighted by Crippen LogP contribution is 2.23. The van der Waals surface area contributed by atoms with E-state index in [0.717, 1.165) is 17.4 Å². The molecule has 0 fully saturated rings. The Morgan fingerprint density at radius 2 is 1.58 bits per heavy atom. The maximum absolute atomic E-state index is 12.9.